The minimum absolute atomic E-state index is 0.356. The van der Waals surface area contributed by atoms with Crippen LogP contribution < -0.4 is 10.5 Å². The van der Waals surface area contributed by atoms with Crippen LogP contribution in [0.5, 0.6) is 5.75 Å². The van der Waals surface area contributed by atoms with Crippen LogP contribution in [0.1, 0.15) is 13.8 Å². The maximum atomic E-state index is 11.2. The van der Waals surface area contributed by atoms with Crippen molar-refractivity contribution in [1.29, 1.82) is 0 Å². The van der Waals surface area contributed by atoms with E-state index < -0.39 is 0 Å². The monoisotopic (exact) mass is 306 g/mol. The van der Waals surface area contributed by atoms with E-state index in [4.69, 9.17) is 10.5 Å². The van der Waals surface area contributed by atoms with Gasteiger partial charge in [-0.2, -0.15) is 0 Å². The molecule has 0 aliphatic rings. The topological polar surface area (TPSA) is 83.0 Å². The third kappa shape index (κ3) is 3.18. The number of carbonyl (C=O) groups excluding carboxylic acids is 1. The predicted octanol–water partition coefficient (Wildman–Crippen LogP) is 1.94. The summed E-state index contributed by atoms with van der Waals surface area (Å²) in [7, 11) is 1.62. The van der Waals surface area contributed by atoms with Crippen molar-refractivity contribution in [3.63, 3.8) is 0 Å². The molecule has 1 heterocycles. The van der Waals surface area contributed by atoms with Gasteiger partial charge in [0.25, 0.3) is 0 Å². The van der Waals surface area contributed by atoms with Gasteiger partial charge in [0.2, 0.25) is 5.91 Å². The van der Waals surface area contributed by atoms with Crippen molar-refractivity contribution in [2.24, 2.45) is 5.73 Å². The predicted molar refractivity (Wildman–Crippen MR) is 82.2 cm³/mol. The summed E-state index contributed by atoms with van der Waals surface area (Å²) < 4.78 is 7.31. The van der Waals surface area contributed by atoms with E-state index in [9.17, 15) is 4.79 Å². The quantitative estimate of drug-likeness (QED) is 0.825. The first-order valence-corrected chi connectivity index (χ1v) is 7.49. The second-order valence-electron chi connectivity index (χ2n) is 4.41. The molecule has 1 atom stereocenters. The number of amides is 1. The van der Waals surface area contributed by atoms with Crippen LogP contribution in [0.4, 0.5) is 0 Å². The first-order valence-electron chi connectivity index (χ1n) is 6.61. The SMILES string of the molecule is CCn1c(S[C@H](C)C(N)=O)nnc1-c1ccccc1OC. The molecule has 0 saturated carbocycles. The summed E-state index contributed by atoms with van der Waals surface area (Å²) in [5, 5.41) is 8.73. The van der Waals surface area contributed by atoms with Gasteiger partial charge in [-0.05, 0) is 26.0 Å². The summed E-state index contributed by atoms with van der Waals surface area (Å²) >= 11 is 1.31. The molecule has 21 heavy (non-hydrogen) atoms. The lowest BCUT2D eigenvalue weighted by atomic mass is 10.2. The Kier molecular flexibility index (Phi) is 4.85. The largest absolute Gasteiger partial charge is 0.496 e. The number of aromatic nitrogens is 3. The molecule has 2 rings (SSSR count). The number of carbonyl (C=O) groups is 1. The highest BCUT2D eigenvalue weighted by atomic mass is 32.2. The smallest absolute Gasteiger partial charge is 0.230 e. The van der Waals surface area contributed by atoms with Gasteiger partial charge in [0, 0.05) is 6.54 Å². The fraction of sp³-hybridized carbons (Fsp3) is 0.357. The van der Waals surface area contributed by atoms with Crippen molar-refractivity contribution in [2.75, 3.05) is 7.11 Å². The average Bonchev–Trinajstić information content (AvgIpc) is 2.89. The van der Waals surface area contributed by atoms with Crippen molar-refractivity contribution in [2.45, 2.75) is 30.8 Å². The van der Waals surface area contributed by atoms with Crippen LogP contribution in [0.3, 0.4) is 0 Å². The lowest BCUT2D eigenvalue weighted by molar-refractivity contribution is -0.117. The van der Waals surface area contributed by atoms with Crippen LogP contribution in [0.25, 0.3) is 11.4 Å². The summed E-state index contributed by atoms with van der Waals surface area (Å²) in [4.78, 5) is 11.2. The third-order valence-electron chi connectivity index (χ3n) is 3.06. The van der Waals surface area contributed by atoms with Gasteiger partial charge in [-0.15, -0.1) is 10.2 Å². The molecule has 7 heteroatoms. The Morgan fingerprint density at radius 2 is 2.14 bits per heavy atom. The zero-order valence-corrected chi connectivity index (χ0v) is 13.1. The minimum Gasteiger partial charge on any atom is -0.496 e. The number of methoxy groups -OCH3 is 1. The normalized spacial score (nSPS) is 12.1. The number of rotatable bonds is 6. The number of nitrogens with two attached hydrogens (primary N) is 1. The van der Waals surface area contributed by atoms with Gasteiger partial charge in [0.05, 0.1) is 17.9 Å². The zero-order chi connectivity index (χ0) is 15.4. The van der Waals surface area contributed by atoms with E-state index in [1.54, 1.807) is 14.0 Å². The van der Waals surface area contributed by atoms with Gasteiger partial charge < -0.3 is 15.0 Å². The molecule has 0 saturated heterocycles. The van der Waals surface area contributed by atoms with Crippen molar-refractivity contribution >= 4 is 17.7 Å². The minimum atomic E-state index is -0.371. The number of ether oxygens (including phenoxy) is 1. The second-order valence-corrected chi connectivity index (χ2v) is 5.72. The van der Waals surface area contributed by atoms with Gasteiger partial charge in [0.15, 0.2) is 11.0 Å². The van der Waals surface area contributed by atoms with E-state index in [1.807, 2.05) is 35.8 Å². The molecule has 0 aliphatic carbocycles. The van der Waals surface area contributed by atoms with Crippen molar-refractivity contribution in [3.8, 4) is 17.1 Å². The summed E-state index contributed by atoms with van der Waals surface area (Å²) in [5.41, 5.74) is 6.17. The van der Waals surface area contributed by atoms with E-state index in [0.717, 1.165) is 11.3 Å². The molecule has 112 valence electrons. The highest BCUT2D eigenvalue weighted by Gasteiger charge is 2.19. The number of nitrogens with zero attached hydrogens (tertiary/aromatic N) is 3. The molecular formula is C14H18N4O2S. The maximum Gasteiger partial charge on any atom is 0.230 e. The Balaban J connectivity index is 2.42. The van der Waals surface area contributed by atoms with Crippen LogP contribution in [-0.4, -0.2) is 33.0 Å². The second kappa shape index (κ2) is 6.62. The van der Waals surface area contributed by atoms with E-state index in [2.05, 4.69) is 10.2 Å². The van der Waals surface area contributed by atoms with Crippen molar-refractivity contribution in [1.82, 2.24) is 14.8 Å². The molecule has 2 N–H and O–H groups in total. The Bertz CT molecular complexity index is 642. The van der Waals surface area contributed by atoms with Crippen LogP contribution >= 0.6 is 11.8 Å². The Labute approximate surface area is 127 Å². The van der Waals surface area contributed by atoms with Crippen LogP contribution in [-0.2, 0) is 11.3 Å². The standard InChI is InChI=1S/C14H18N4O2S/c1-4-18-13(10-7-5-6-8-11(10)20-3)16-17-14(18)21-9(2)12(15)19/h5-9H,4H2,1-3H3,(H2,15,19)/t9-/m1/s1. The van der Waals surface area contributed by atoms with Crippen LogP contribution in [0.2, 0.25) is 0 Å². The van der Waals surface area contributed by atoms with Gasteiger partial charge in [-0.3, -0.25) is 4.79 Å². The van der Waals surface area contributed by atoms with E-state index in [-0.39, 0.29) is 11.2 Å². The molecule has 0 bridgehead atoms. The van der Waals surface area contributed by atoms with Crippen molar-refractivity contribution < 1.29 is 9.53 Å². The summed E-state index contributed by atoms with van der Waals surface area (Å²) in [6.07, 6.45) is 0. The first-order chi connectivity index (χ1) is 10.1. The van der Waals surface area contributed by atoms with Gasteiger partial charge in [0.1, 0.15) is 5.75 Å². The highest BCUT2D eigenvalue weighted by molar-refractivity contribution is 8.00. The number of hydrogen-bond acceptors (Lipinski definition) is 5. The number of primary amides is 1. The lowest BCUT2D eigenvalue weighted by Crippen LogP contribution is -2.23. The third-order valence-corrected chi connectivity index (χ3v) is 4.16. The highest BCUT2D eigenvalue weighted by Crippen LogP contribution is 2.31. The lowest BCUT2D eigenvalue weighted by Gasteiger charge is -2.11. The molecule has 0 unspecified atom stereocenters. The van der Waals surface area contributed by atoms with Gasteiger partial charge >= 0.3 is 0 Å². The molecule has 6 nitrogen and oxygen atoms in total. The first kappa shape index (κ1) is 15.4. The summed E-state index contributed by atoms with van der Waals surface area (Å²) in [6, 6.07) is 7.63. The molecule has 0 radical (unpaired) electrons. The summed E-state index contributed by atoms with van der Waals surface area (Å²) in [5.74, 6) is 1.08. The van der Waals surface area contributed by atoms with E-state index >= 15 is 0 Å². The number of benzene rings is 1. The van der Waals surface area contributed by atoms with E-state index in [0.29, 0.717) is 17.5 Å². The number of para-hydroxylation sites is 1. The van der Waals surface area contributed by atoms with Crippen molar-refractivity contribution in [3.05, 3.63) is 24.3 Å². The van der Waals surface area contributed by atoms with Gasteiger partial charge in [-0.25, -0.2) is 0 Å². The molecule has 0 spiro atoms. The number of thioether (sulfide) groups is 1. The Morgan fingerprint density at radius 1 is 1.43 bits per heavy atom. The number of hydrogen-bond donors (Lipinski definition) is 1. The molecule has 0 aliphatic heterocycles. The van der Waals surface area contributed by atoms with E-state index in [1.165, 1.54) is 11.8 Å². The molecule has 2 aromatic rings. The fourth-order valence-electron chi connectivity index (χ4n) is 1.91. The fourth-order valence-corrected chi connectivity index (χ4v) is 2.77. The van der Waals surface area contributed by atoms with Crippen LogP contribution in [0.15, 0.2) is 29.4 Å². The molecular weight excluding hydrogens is 288 g/mol. The Morgan fingerprint density at radius 3 is 2.76 bits per heavy atom. The maximum absolute atomic E-state index is 11.2. The molecule has 1 amide bonds. The molecule has 1 aromatic heterocycles. The van der Waals surface area contributed by atoms with Gasteiger partial charge in [-0.1, -0.05) is 23.9 Å². The Hall–Kier alpha value is -2.02. The average molecular weight is 306 g/mol. The zero-order valence-electron chi connectivity index (χ0n) is 12.2. The summed E-state index contributed by atoms with van der Waals surface area (Å²) in [6.45, 7) is 4.44. The molecule has 1 aromatic carbocycles. The molecule has 0 fully saturated rings. The van der Waals surface area contributed by atoms with Crippen LogP contribution in [0, 0.1) is 0 Å².